The second-order valence-corrected chi connectivity index (χ2v) is 6.34. The molecule has 144 valence electrons. The average molecular weight is 401 g/mol. The van der Waals surface area contributed by atoms with Crippen molar-refractivity contribution < 1.29 is 14.0 Å². The monoisotopic (exact) mass is 400 g/mol. The molecular weight excluding hydrogens is 383 g/mol. The van der Waals surface area contributed by atoms with Crippen molar-refractivity contribution in [1.82, 2.24) is 9.97 Å². The molecule has 0 radical (unpaired) electrons. The van der Waals surface area contributed by atoms with Crippen LogP contribution >= 0.6 is 11.6 Å². The summed E-state index contributed by atoms with van der Waals surface area (Å²) in [4.78, 5) is 14.8. The lowest BCUT2D eigenvalue weighted by Crippen LogP contribution is -2.19. The molecule has 3 aromatic rings. The van der Waals surface area contributed by atoms with E-state index in [-0.39, 0.29) is 11.8 Å². The van der Waals surface area contributed by atoms with Gasteiger partial charge in [0.1, 0.15) is 5.75 Å². The molecule has 0 aliphatic heterocycles. The van der Waals surface area contributed by atoms with Crippen molar-refractivity contribution in [2.45, 2.75) is 6.54 Å². The normalized spacial score (nSPS) is 10.9. The Morgan fingerprint density at radius 2 is 1.86 bits per heavy atom. The lowest BCUT2D eigenvalue weighted by atomic mass is 10.2. The zero-order valence-electron chi connectivity index (χ0n) is 15.3. The number of halogens is 2. The third-order valence-corrected chi connectivity index (χ3v) is 4.10. The topological polar surface area (TPSA) is 59.8 Å². The van der Waals surface area contributed by atoms with Crippen LogP contribution in [0.4, 0.5) is 10.2 Å². The summed E-state index contributed by atoms with van der Waals surface area (Å²) in [5, 5.41) is 4.49. The van der Waals surface area contributed by atoms with Crippen molar-refractivity contribution in [3.8, 4) is 11.8 Å². The highest BCUT2D eigenvalue weighted by molar-refractivity contribution is 6.30. The lowest BCUT2D eigenvalue weighted by molar-refractivity contribution is 0.313. The highest BCUT2D eigenvalue weighted by Gasteiger charge is 2.13. The van der Waals surface area contributed by atoms with Crippen LogP contribution in [0.5, 0.6) is 11.8 Å². The maximum Gasteiger partial charge on any atom is 0.347 e. The Morgan fingerprint density at radius 3 is 2.54 bits per heavy atom. The van der Waals surface area contributed by atoms with E-state index >= 15 is 0 Å². The first kappa shape index (κ1) is 19.6. The highest BCUT2D eigenvalue weighted by atomic mass is 35.5. The summed E-state index contributed by atoms with van der Waals surface area (Å²) in [6.07, 6.45) is 2.56. The van der Waals surface area contributed by atoms with Crippen LogP contribution in [0, 0.1) is 5.82 Å². The summed E-state index contributed by atoms with van der Waals surface area (Å²) in [5.74, 6) is 0.302. The molecule has 6 nitrogen and oxygen atoms in total. The van der Waals surface area contributed by atoms with Crippen molar-refractivity contribution in [3.05, 3.63) is 76.7 Å². The molecule has 2 aromatic carbocycles. The van der Waals surface area contributed by atoms with E-state index in [4.69, 9.17) is 21.2 Å². The van der Waals surface area contributed by atoms with Gasteiger partial charge < -0.3 is 14.5 Å². The summed E-state index contributed by atoms with van der Waals surface area (Å²) in [6, 6.07) is 14.5. The quantitative estimate of drug-likeness (QED) is 0.436. The molecule has 1 heterocycles. The van der Waals surface area contributed by atoms with Crippen LogP contribution in [-0.2, 0) is 6.54 Å². The van der Waals surface area contributed by atoms with E-state index in [0.29, 0.717) is 11.6 Å². The van der Waals surface area contributed by atoms with E-state index in [9.17, 15) is 4.39 Å². The standard InChI is InChI=1S/C20H18ClFN4O2/c1-26(13-15-3-7-16(21)8-4-15)19-18(22)12-23-20(25-19)28-24-11-14-5-9-17(27-2)10-6-14/h3-12H,13H2,1-2H3. The van der Waals surface area contributed by atoms with E-state index in [0.717, 1.165) is 23.1 Å². The average Bonchev–Trinajstić information content (AvgIpc) is 2.71. The molecule has 8 heteroatoms. The lowest BCUT2D eigenvalue weighted by Gasteiger charge is -2.18. The first-order valence-electron chi connectivity index (χ1n) is 8.37. The Morgan fingerprint density at radius 1 is 1.14 bits per heavy atom. The molecule has 1 aromatic heterocycles. The number of methoxy groups -OCH3 is 1. The smallest absolute Gasteiger partial charge is 0.347 e. The maximum atomic E-state index is 14.2. The Labute approximate surface area is 167 Å². The van der Waals surface area contributed by atoms with Gasteiger partial charge in [-0.05, 0) is 47.5 Å². The fourth-order valence-electron chi connectivity index (χ4n) is 2.42. The van der Waals surface area contributed by atoms with Crippen molar-refractivity contribution in [2.24, 2.45) is 5.16 Å². The first-order valence-corrected chi connectivity index (χ1v) is 8.75. The van der Waals surface area contributed by atoms with Crippen LogP contribution in [0.3, 0.4) is 0 Å². The second-order valence-electron chi connectivity index (χ2n) is 5.91. The first-order chi connectivity index (χ1) is 13.5. The Bertz CT molecular complexity index is 949. The number of nitrogens with zero attached hydrogens (tertiary/aromatic N) is 4. The maximum absolute atomic E-state index is 14.2. The summed E-state index contributed by atoms with van der Waals surface area (Å²) in [6.45, 7) is 0.444. The van der Waals surface area contributed by atoms with Crippen molar-refractivity contribution in [2.75, 3.05) is 19.1 Å². The van der Waals surface area contributed by atoms with Crippen LogP contribution in [0.1, 0.15) is 11.1 Å². The van der Waals surface area contributed by atoms with E-state index in [1.165, 1.54) is 6.21 Å². The number of ether oxygens (including phenoxy) is 1. The molecule has 0 aliphatic carbocycles. The number of rotatable bonds is 7. The number of oxime groups is 1. The van der Waals surface area contributed by atoms with Crippen LogP contribution in [-0.4, -0.2) is 30.3 Å². The van der Waals surface area contributed by atoms with Crippen LogP contribution < -0.4 is 14.5 Å². The van der Waals surface area contributed by atoms with Crippen molar-refractivity contribution >= 4 is 23.6 Å². The van der Waals surface area contributed by atoms with E-state index < -0.39 is 5.82 Å². The number of anilines is 1. The number of benzene rings is 2. The van der Waals surface area contributed by atoms with Gasteiger partial charge in [0.05, 0.1) is 19.5 Å². The molecule has 0 N–H and O–H groups in total. The largest absolute Gasteiger partial charge is 0.497 e. The van der Waals surface area contributed by atoms with Gasteiger partial charge >= 0.3 is 6.01 Å². The second kappa shape index (κ2) is 9.14. The fourth-order valence-corrected chi connectivity index (χ4v) is 2.54. The SMILES string of the molecule is COc1ccc(C=NOc2ncc(F)c(N(C)Cc3ccc(Cl)cc3)n2)cc1. The van der Waals surface area contributed by atoms with Gasteiger partial charge in [-0.15, -0.1) is 0 Å². The number of hydrogen-bond acceptors (Lipinski definition) is 6. The summed E-state index contributed by atoms with van der Waals surface area (Å²) in [7, 11) is 3.32. The molecule has 0 fully saturated rings. The summed E-state index contributed by atoms with van der Waals surface area (Å²) in [5.41, 5.74) is 1.77. The minimum atomic E-state index is -0.553. The van der Waals surface area contributed by atoms with Crippen molar-refractivity contribution in [1.29, 1.82) is 0 Å². The van der Waals surface area contributed by atoms with E-state index in [1.807, 2.05) is 24.3 Å². The van der Waals surface area contributed by atoms with Gasteiger partial charge in [-0.2, -0.15) is 9.97 Å². The molecule has 0 saturated heterocycles. The molecule has 0 unspecified atom stereocenters. The van der Waals surface area contributed by atoms with E-state index in [1.54, 1.807) is 43.3 Å². The van der Waals surface area contributed by atoms with Gasteiger partial charge in [0, 0.05) is 18.6 Å². The molecule has 0 amide bonds. The highest BCUT2D eigenvalue weighted by Crippen LogP contribution is 2.20. The molecule has 0 bridgehead atoms. The Hall–Kier alpha value is -3.19. The molecule has 3 rings (SSSR count). The van der Waals surface area contributed by atoms with Gasteiger partial charge in [0.2, 0.25) is 0 Å². The van der Waals surface area contributed by atoms with Gasteiger partial charge in [-0.1, -0.05) is 28.9 Å². The molecule has 0 atom stereocenters. The molecule has 0 saturated carbocycles. The fraction of sp³-hybridized carbons (Fsp3) is 0.150. The van der Waals surface area contributed by atoms with Gasteiger partial charge in [-0.25, -0.2) is 4.39 Å². The minimum Gasteiger partial charge on any atom is -0.497 e. The molecule has 0 aliphatic rings. The molecule has 28 heavy (non-hydrogen) atoms. The number of aromatic nitrogens is 2. The number of hydrogen-bond donors (Lipinski definition) is 0. The van der Waals surface area contributed by atoms with Gasteiger partial charge in [0.15, 0.2) is 11.6 Å². The van der Waals surface area contributed by atoms with Gasteiger partial charge in [-0.3, -0.25) is 0 Å². The van der Waals surface area contributed by atoms with Crippen LogP contribution in [0.15, 0.2) is 59.9 Å². The van der Waals surface area contributed by atoms with Crippen LogP contribution in [0.2, 0.25) is 5.02 Å². The Balaban J connectivity index is 1.67. The minimum absolute atomic E-state index is 0.0517. The third kappa shape index (κ3) is 5.17. The summed E-state index contributed by atoms with van der Waals surface area (Å²) >= 11 is 5.89. The zero-order valence-corrected chi connectivity index (χ0v) is 16.1. The van der Waals surface area contributed by atoms with Gasteiger partial charge in [0.25, 0.3) is 0 Å². The van der Waals surface area contributed by atoms with Crippen LogP contribution in [0.25, 0.3) is 0 Å². The molecule has 0 spiro atoms. The van der Waals surface area contributed by atoms with Crippen molar-refractivity contribution in [3.63, 3.8) is 0 Å². The molecular formula is C20H18ClFN4O2. The summed E-state index contributed by atoms with van der Waals surface area (Å²) < 4.78 is 19.2. The predicted octanol–water partition coefficient (Wildman–Crippen LogP) is 4.33. The van der Waals surface area contributed by atoms with E-state index in [2.05, 4.69) is 15.1 Å². The third-order valence-electron chi connectivity index (χ3n) is 3.85. The zero-order chi connectivity index (χ0) is 19.9. The predicted molar refractivity (Wildman–Crippen MR) is 107 cm³/mol. The Kier molecular flexibility index (Phi) is 6.39.